The molecule has 0 aliphatic carbocycles. The van der Waals surface area contributed by atoms with Crippen molar-refractivity contribution in [2.45, 2.75) is 58.7 Å². The SMILES string of the molecule is CC[C@@H](NC(=O)OC(C)(C)C)c1cncn1CCCOC. The number of carbonyl (C=O) groups is 1. The molecule has 6 nitrogen and oxygen atoms in total. The zero-order chi connectivity index (χ0) is 15.9. The van der Waals surface area contributed by atoms with Gasteiger partial charge >= 0.3 is 6.09 Å². The lowest BCUT2D eigenvalue weighted by molar-refractivity contribution is 0.0500. The highest BCUT2D eigenvalue weighted by atomic mass is 16.6. The second-order valence-electron chi connectivity index (χ2n) is 5.97. The Morgan fingerprint density at radius 2 is 2.19 bits per heavy atom. The number of aryl methyl sites for hydroxylation is 1. The molecular formula is C15H27N3O3. The maximum Gasteiger partial charge on any atom is 0.408 e. The molecule has 1 heterocycles. The Bertz CT molecular complexity index is 438. The van der Waals surface area contributed by atoms with Gasteiger partial charge in [0.15, 0.2) is 0 Å². The Labute approximate surface area is 126 Å². The highest BCUT2D eigenvalue weighted by Gasteiger charge is 2.21. The third kappa shape index (κ3) is 6.16. The Morgan fingerprint density at radius 3 is 2.76 bits per heavy atom. The number of nitrogens with zero attached hydrogens (tertiary/aromatic N) is 2. The molecule has 0 saturated heterocycles. The van der Waals surface area contributed by atoms with Gasteiger partial charge in [-0.3, -0.25) is 0 Å². The Balaban J connectivity index is 2.67. The van der Waals surface area contributed by atoms with E-state index in [2.05, 4.69) is 10.3 Å². The lowest BCUT2D eigenvalue weighted by Crippen LogP contribution is -2.35. The van der Waals surface area contributed by atoms with Crippen LogP contribution in [0, 0.1) is 0 Å². The van der Waals surface area contributed by atoms with Crippen LogP contribution in [-0.4, -0.2) is 35.0 Å². The summed E-state index contributed by atoms with van der Waals surface area (Å²) in [6, 6.07) is -0.107. The van der Waals surface area contributed by atoms with Crippen molar-refractivity contribution in [3.63, 3.8) is 0 Å². The molecule has 1 N–H and O–H groups in total. The molecule has 1 aromatic rings. The molecule has 0 aliphatic rings. The van der Waals surface area contributed by atoms with Crippen LogP contribution in [0.2, 0.25) is 0 Å². The Morgan fingerprint density at radius 1 is 1.48 bits per heavy atom. The van der Waals surface area contributed by atoms with Crippen molar-refractivity contribution in [2.24, 2.45) is 0 Å². The number of rotatable bonds is 7. The summed E-state index contributed by atoms with van der Waals surface area (Å²) in [5.41, 5.74) is 0.487. The molecule has 0 spiro atoms. The van der Waals surface area contributed by atoms with E-state index in [1.54, 1.807) is 19.6 Å². The first-order valence-corrected chi connectivity index (χ1v) is 7.36. The minimum atomic E-state index is -0.499. The van der Waals surface area contributed by atoms with Crippen LogP contribution in [0.4, 0.5) is 4.79 Å². The summed E-state index contributed by atoms with van der Waals surface area (Å²) in [7, 11) is 1.69. The fraction of sp³-hybridized carbons (Fsp3) is 0.733. The van der Waals surface area contributed by atoms with Crippen molar-refractivity contribution in [1.82, 2.24) is 14.9 Å². The van der Waals surface area contributed by atoms with E-state index in [-0.39, 0.29) is 6.04 Å². The Hall–Kier alpha value is -1.56. The molecule has 0 aliphatic heterocycles. The lowest BCUT2D eigenvalue weighted by atomic mass is 10.1. The summed E-state index contributed by atoms with van der Waals surface area (Å²) in [5.74, 6) is 0. The second-order valence-corrected chi connectivity index (χ2v) is 5.97. The number of amides is 1. The van der Waals surface area contributed by atoms with Crippen LogP contribution < -0.4 is 5.32 Å². The lowest BCUT2D eigenvalue weighted by Gasteiger charge is -2.23. The van der Waals surface area contributed by atoms with Crippen LogP contribution in [0.3, 0.4) is 0 Å². The number of alkyl carbamates (subject to hydrolysis) is 1. The topological polar surface area (TPSA) is 65.4 Å². The van der Waals surface area contributed by atoms with Gasteiger partial charge in [0.05, 0.1) is 24.3 Å². The summed E-state index contributed by atoms with van der Waals surface area (Å²) >= 11 is 0. The van der Waals surface area contributed by atoms with Gasteiger partial charge in [0, 0.05) is 20.3 Å². The summed E-state index contributed by atoms with van der Waals surface area (Å²) < 4.78 is 12.4. The summed E-state index contributed by atoms with van der Waals surface area (Å²) in [6.07, 6.45) is 4.85. The monoisotopic (exact) mass is 297 g/mol. The van der Waals surface area contributed by atoms with Gasteiger partial charge in [0.2, 0.25) is 0 Å². The highest BCUT2D eigenvalue weighted by molar-refractivity contribution is 5.68. The van der Waals surface area contributed by atoms with Crippen molar-refractivity contribution >= 4 is 6.09 Å². The number of methoxy groups -OCH3 is 1. The molecule has 1 atom stereocenters. The number of nitrogens with one attached hydrogen (secondary N) is 1. The van der Waals surface area contributed by atoms with Crippen LogP contribution in [0.5, 0.6) is 0 Å². The Kier molecular flexibility index (Phi) is 6.68. The molecule has 0 saturated carbocycles. The largest absolute Gasteiger partial charge is 0.444 e. The number of hydrogen-bond acceptors (Lipinski definition) is 4. The summed E-state index contributed by atoms with van der Waals surface area (Å²) in [5, 5.41) is 2.90. The normalized spacial score (nSPS) is 13.0. The maximum absolute atomic E-state index is 11.9. The first-order chi connectivity index (χ1) is 9.87. The maximum atomic E-state index is 11.9. The van der Waals surface area contributed by atoms with Gasteiger partial charge in [-0.2, -0.15) is 0 Å². The van der Waals surface area contributed by atoms with Gasteiger partial charge in [-0.15, -0.1) is 0 Å². The first-order valence-electron chi connectivity index (χ1n) is 7.36. The third-order valence-corrected chi connectivity index (χ3v) is 2.95. The van der Waals surface area contributed by atoms with E-state index in [9.17, 15) is 4.79 Å². The van der Waals surface area contributed by atoms with Crippen molar-refractivity contribution in [1.29, 1.82) is 0 Å². The van der Waals surface area contributed by atoms with Gasteiger partial charge in [0.1, 0.15) is 5.60 Å². The molecule has 21 heavy (non-hydrogen) atoms. The van der Waals surface area contributed by atoms with Crippen LogP contribution >= 0.6 is 0 Å². The molecule has 1 rings (SSSR count). The predicted octanol–water partition coefficient (Wildman–Crippen LogP) is 2.90. The van der Waals surface area contributed by atoms with E-state index in [1.807, 2.05) is 32.3 Å². The van der Waals surface area contributed by atoms with Crippen molar-refractivity contribution in [3.8, 4) is 0 Å². The smallest absolute Gasteiger partial charge is 0.408 e. The standard InChI is InChI=1S/C15H27N3O3/c1-6-12(17-14(19)21-15(2,3)4)13-10-16-11-18(13)8-7-9-20-5/h10-12H,6-9H2,1-5H3,(H,17,19)/t12-/m1/s1. The molecule has 0 bridgehead atoms. The second kappa shape index (κ2) is 8.02. The molecule has 0 aromatic carbocycles. The minimum absolute atomic E-state index is 0.107. The van der Waals surface area contributed by atoms with E-state index in [0.29, 0.717) is 6.61 Å². The predicted molar refractivity (Wildman–Crippen MR) is 81.1 cm³/mol. The van der Waals surface area contributed by atoms with Gasteiger partial charge in [-0.25, -0.2) is 9.78 Å². The number of ether oxygens (including phenoxy) is 2. The van der Waals surface area contributed by atoms with E-state index < -0.39 is 11.7 Å². The van der Waals surface area contributed by atoms with Gasteiger partial charge in [-0.05, 0) is 33.6 Å². The number of imidazole rings is 1. The van der Waals surface area contributed by atoms with Crippen molar-refractivity contribution in [3.05, 3.63) is 18.2 Å². The molecule has 0 unspecified atom stereocenters. The zero-order valence-corrected chi connectivity index (χ0v) is 13.7. The van der Waals surface area contributed by atoms with E-state index in [0.717, 1.165) is 25.1 Å². The highest BCUT2D eigenvalue weighted by Crippen LogP contribution is 2.18. The molecule has 1 aromatic heterocycles. The van der Waals surface area contributed by atoms with Crippen LogP contribution in [0.25, 0.3) is 0 Å². The third-order valence-electron chi connectivity index (χ3n) is 2.95. The molecule has 0 fully saturated rings. The van der Waals surface area contributed by atoms with Crippen LogP contribution in [0.1, 0.15) is 52.3 Å². The average molecular weight is 297 g/mol. The first kappa shape index (κ1) is 17.5. The molecule has 6 heteroatoms. The van der Waals surface area contributed by atoms with E-state index in [1.165, 1.54) is 0 Å². The molecule has 120 valence electrons. The summed E-state index contributed by atoms with van der Waals surface area (Å²) in [4.78, 5) is 16.1. The minimum Gasteiger partial charge on any atom is -0.444 e. The van der Waals surface area contributed by atoms with Gasteiger partial charge in [0.25, 0.3) is 0 Å². The van der Waals surface area contributed by atoms with E-state index in [4.69, 9.17) is 9.47 Å². The zero-order valence-electron chi connectivity index (χ0n) is 13.7. The average Bonchev–Trinajstić information content (AvgIpc) is 2.82. The van der Waals surface area contributed by atoms with Crippen molar-refractivity contribution in [2.75, 3.05) is 13.7 Å². The summed E-state index contributed by atoms with van der Waals surface area (Å²) in [6.45, 7) is 9.09. The molecular weight excluding hydrogens is 270 g/mol. The van der Waals surface area contributed by atoms with Crippen molar-refractivity contribution < 1.29 is 14.3 Å². The number of carbonyl (C=O) groups excluding carboxylic acids is 1. The number of aromatic nitrogens is 2. The van der Waals surface area contributed by atoms with E-state index >= 15 is 0 Å². The molecule has 0 radical (unpaired) electrons. The fourth-order valence-electron chi connectivity index (χ4n) is 2.02. The quantitative estimate of drug-likeness (QED) is 0.786. The van der Waals surface area contributed by atoms with Crippen LogP contribution in [-0.2, 0) is 16.0 Å². The van der Waals surface area contributed by atoms with Crippen LogP contribution in [0.15, 0.2) is 12.5 Å². The van der Waals surface area contributed by atoms with Gasteiger partial charge in [-0.1, -0.05) is 6.92 Å². The molecule has 1 amide bonds. The number of hydrogen-bond donors (Lipinski definition) is 1. The van der Waals surface area contributed by atoms with Gasteiger partial charge < -0.3 is 19.4 Å². The fourth-order valence-corrected chi connectivity index (χ4v) is 2.02.